The zero-order valence-corrected chi connectivity index (χ0v) is 19.9. The van der Waals surface area contributed by atoms with E-state index in [1.165, 1.54) is 12.1 Å². The highest BCUT2D eigenvalue weighted by Crippen LogP contribution is 2.32. The molecule has 7 nitrogen and oxygen atoms in total. The van der Waals surface area contributed by atoms with Gasteiger partial charge >= 0.3 is 0 Å². The molecule has 4 N–H and O–H groups in total. The SMILES string of the molecule is CN1CC(c2cnc(N)c(-c3ccc(C(=O)N[C@H](CO)c4cccc(Cl)c4)c(F)c3)c2)CCC1=O. The quantitative estimate of drug-likeness (QED) is 0.479. The van der Waals surface area contributed by atoms with Crippen molar-refractivity contribution >= 4 is 29.2 Å². The highest BCUT2D eigenvalue weighted by Gasteiger charge is 2.25. The Morgan fingerprint density at radius 2 is 2.11 bits per heavy atom. The number of hydrogen-bond donors (Lipinski definition) is 3. The molecule has 2 amide bonds. The molecule has 1 aliphatic rings. The molecular formula is C26H26ClFN4O3. The zero-order chi connectivity index (χ0) is 25.1. The molecule has 2 heterocycles. The lowest BCUT2D eigenvalue weighted by molar-refractivity contribution is -0.132. The number of nitrogens with zero attached hydrogens (tertiary/aromatic N) is 2. The summed E-state index contributed by atoms with van der Waals surface area (Å²) in [4.78, 5) is 30.6. The minimum absolute atomic E-state index is 0.111. The summed E-state index contributed by atoms with van der Waals surface area (Å²) in [5.74, 6) is -0.925. The first-order valence-corrected chi connectivity index (χ1v) is 11.6. The summed E-state index contributed by atoms with van der Waals surface area (Å²) in [6.45, 7) is 0.207. The lowest BCUT2D eigenvalue weighted by Gasteiger charge is -2.30. The monoisotopic (exact) mass is 496 g/mol. The van der Waals surface area contributed by atoms with Gasteiger partial charge in [-0.3, -0.25) is 9.59 Å². The molecule has 0 aliphatic carbocycles. The number of nitrogen functional groups attached to an aromatic ring is 1. The number of anilines is 1. The van der Waals surface area contributed by atoms with Crippen LogP contribution >= 0.6 is 11.6 Å². The number of nitrogens with one attached hydrogen (secondary N) is 1. The Balaban J connectivity index is 1.56. The number of piperidine rings is 1. The number of carbonyl (C=O) groups is 2. The summed E-state index contributed by atoms with van der Waals surface area (Å²) < 4.78 is 15.0. The van der Waals surface area contributed by atoms with Crippen molar-refractivity contribution < 1.29 is 19.1 Å². The van der Waals surface area contributed by atoms with Crippen molar-refractivity contribution in [3.05, 3.63) is 82.3 Å². The maximum Gasteiger partial charge on any atom is 0.254 e. The fourth-order valence-corrected chi connectivity index (χ4v) is 4.49. The first-order chi connectivity index (χ1) is 16.8. The number of amides is 2. The van der Waals surface area contributed by atoms with E-state index in [-0.39, 0.29) is 29.8 Å². The lowest BCUT2D eigenvalue weighted by atomic mass is 9.90. The number of pyridine rings is 1. The molecule has 0 spiro atoms. The largest absolute Gasteiger partial charge is 0.394 e. The normalized spacial score (nSPS) is 16.7. The van der Waals surface area contributed by atoms with Crippen LogP contribution in [-0.4, -0.2) is 47.0 Å². The molecule has 2 aromatic carbocycles. The molecule has 0 radical (unpaired) electrons. The minimum atomic E-state index is -0.739. The minimum Gasteiger partial charge on any atom is -0.394 e. The Labute approximate surface area is 207 Å². The van der Waals surface area contributed by atoms with Crippen LogP contribution < -0.4 is 11.1 Å². The van der Waals surface area contributed by atoms with Gasteiger partial charge < -0.3 is 21.1 Å². The van der Waals surface area contributed by atoms with Gasteiger partial charge in [0.05, 0.1) is 18.2 Å². The van der Waals surface area contributed by atoms with E-state index in [1.54, 1.807) is 48.5 Å². The predicted molar refractivity (Wildman–Crippen MR) is 132 cm³/mol. The van der Waals surface area contributed by atoms with Gasteiger partial charge in [-0.1, -0.05) is 29.8 Å². The van der Waals surface area contributed by atoms with Crippen LogP contribution in [0.2, 0.25) is 5.02 Å². The van der Waals surface area contributed by atoms with Crippen LogP contribution in [0.15, 0.2) is 54.7 Å². The molecule has 1 aromatic heterocycles. The molecule has 4 rings (SSSR count). The molecule has 182 valence electrons. The molecule has 2 atom stereocenters. The van der Waals surface area contributed by atoms with Crippen molar-refractivity contribution in [1.29, 1.82) is 0 Å². The van der Waals surface area contributed by atoms with Crippen molar-refractivity contribution in [2.24, 2.45) is 0 Å². The number of rotatable bonds is 6. The number of aliphatic hydroxyl groups is 1. The fourth-order valence-electron chi connectivity index (χ4n) is 4.29. The summed E-state index contributed by atoms with van der Waals surface area (Å²) in [5.41, 5.74) is 8.50. The van der Waals surface area contributed by atoms with Gasteiger partial charge in [-0.05, 0) is 53.4 Å². The maximum atomic E-state index is 15.0. The molecule has 1 unspecified atom stereocenters. The number of carbonyl (C=O) groups excluding carboxylic acids is 2. The summed E-state index contributed by atoms with van der Waals surface area (Å²) in [5, 5.41) is 12.8. The van der Waals surface area contributed by atoms with Crippen LogP contribution in [-0.2, 0) is 4.79 Å². The second-order valence-corrected chi connectivity index (χ2v) is 9.11. The maximum absolute atomic E-state index is 15.0. The van der Waals surface area contributed by atoms with Gasteiger partial charge in [0.15, 0.2) is 0 Å². The molecule has 3 aromatic rings. The fraction of sp³-hybridized carbons (Fsp3) is 0.269. The highest BCUT2D eigenvalue weighted by molar-refractivity contribution is 6.30. The molecule has 0 saturated carbocycles. The van der Waals surface area contributed by atoms with Gasteiger partial charge in [-0.15, -0.1) is 0 Å². The molecule has 1 saturated heterocycles. The van der Waals surface area contributed by atoms with Crippen LogP contribution in [0.4, 0.5) is 10.2 Å². The summed E-state index contributed by atoms with van der Waals surface area (Å²) in [6.07, 6.45) is 2.86. The number of likely N-dealkylation sites (tertiary alicyclic amines) is 1. The van der Waals surface area contributed by atoms with Crippen molar-refractivity contribution in [2.75, 3.05) is 25.9 Å². The number of nitrogens with two attached hydrogens (primary N) is 1. The van der Waals surface area contributed by atoms with E-state index in [0.717, 1.165) is 5.56 Å². The average molecular weight is 497 g/mol. The van der Waals surface area contributed by atoms with Crippen LogP contribution in [0.5, 0.6) is 0 Å². The van der Waals surface area contributed by atoms with E-state index >= 15 is 4.39 Å². The van der Waals surface area contributed by atoms with Gasteiger partial charge in [-0.25, -0.2) is 9.37 Å². The van der Waals surface area contributed by atoms with Crippen molar-refractivity contribution in [3.63, 3.8) is 0 Å². The second kappa shape index (κ2) is 10.4. The highest BCUT2D eigenvalue weighted by atomic mass is 35.5. The van der Waals surface area contributed by atoms with Crippen LogP contribution in [0, 0.1) is 5.82 Å². The number of hydrogen-bond acceptors (Lipinski definition) is 5. The van der Waals surface area contributed by atoms with Crippen LogP contribution in [0.1, 0.15) is 46.3 Å². The smallest absolute Gasteiger partial charge is 0.254 e. The van der Waals surface area contributed by atoms with E-state index < -0.39 is 17.8 Å². The van der Waals surface area contributed by atoms with Gasteiger partial charge in [0.25, 0.3) is 5.91 Å². The third-order valence-corrected chi connectivity index (χ3v) is 6.54. The third kappa shape index (κ3) is 5.44. The molecular weight excluding hydrogens is 471 g/mol. The lowest BCUT2D eigenvalue weighted by Crippen LogP contribution is -2.35. The molecule has 1 aliphatic heterocycles. The van der Waals surface area contributed by atoms with E-state index in [0.29, 0.717) is 41.1 Å². The number of aromatic nitrogens is 1. The molecule has 35 heavy (non-hydrogen) atoms. The number of aliphatic hydroxyl groups excluding tert-OH is 1. The van der Waals surface area contributed by atoms with E-state index in [2.05, 4.69) is 10.3 Å². The summed E-state index contributed by atoms with van der Waals surface area (Å²) >= 11 is 6.00. The Morgan fingerprint density at radius 3 is 2.80 bits per heavy atom. The number of likely N-dealkylation sites (N-methyl/N-ethyl adjacent to an activating group) is 1. The molecule has 0 bridgehead atoms. The Bertz CT molecular complexity index is 1270. The van der Waals surface area contributed by atoms with Crippen LogP contribution in [0.25, 0.3) is 11.1 Å². The third-order valence-electron chi connectivity index (χ3n) is 6.30. The van der Waals surface area contributed by atoms with E-state index in [4.69, 9.17) is 17.3 Å². The molecule has 1 fully saturated rings. The Morgan fingerprint density at radius 1 is 1.31 bits per heavy atom. The summed E-state index contributed by atoms with van der Waals surface area (Å²) in [6, 6.07) is 12.1. The van der Waals surface area contributed by atoms with Gasteiger partial charge in [-0.2, -0.15) is 0 Å². The van der Waals surface area contributed by atoms with E-state index in [1.807, 2.05) is 6.07 Å². The van der Waals surface area contributed by atoms with E-state index in [9.17, 15) is 14.7 Å². The number of halogens is 2. The van der Waals surface area contributed by atoms with Gasteiger partial charge in [0, 0.05) is 42.7 Å². The Hall–Kier alpha value is -3.49. The molecule has 9 heteroatoms. The Kier molecular flexibility index (Phi) is 7.33. The standard InChI is InChI=1S/C26H26ClFN4O3/c1-32-13-17(6-8-24(32)34)18-10-21(25(29)30-12-18)15-5-7-20(22(28)11-15)26(35)31-23(14-33)16-3-2-4-19(27)9-16/h2-5,7,9-12,17,23,33H,6,8,13-14H2,1H3,(H2,29,30)(H,31,35)/t17?,23-/m1/s1. The first kappa shape index (κ1) is 24.6. The predicted octanol–water partition coefficient (Wildman–Crippen LogP) is 3.92. The van der Waals surface area contributed by atoms with Gasteiger partial charge in [0.1, 0.15) is 11.6 Å². The summed E-state index contributed by atoms with van der Waals surface area (Å²) in [7, 11) is 1.77. The van der Waals surface area contributed by atoms with Crippen molar-refractivity contribution in [3.8, 4) is 11.1 Å². The van der Waals surface area contributed by atoms with Crippen molar-refractivity contribution in [1.82, 2.24) is 15.2 Å². The van der Waals surface area contributed by atoms with Crippen molar-refractivity contribution in [2.45, 2.75) is 24.8 Å². The first-order valence-electron chi connectivity index (χ1n) is 11.2. The average Bonchev–Trinajstić information content (AvgIpc) is 2.84. The van der Waals surface area contributed by atoms with Crippen LogP contribution in [0.3, 0.4) is 0 Å². The second-order valence-electron chi connectivity index (χ2n) is 8.67. The van der Waals surface area contributed by atoms with Gasteiger partial charge in [0.2, 0.25) is 5.91 Å². The topological polar surface area (TPSA) is 109 Å². The zero-order valence-electron chi connectivity index (χ0n) is 19.2. The number of benzene rings is 2.